The summed E-state index contributed by atoms with van der Waals surface area (Å²) in [7, 11) is 0. The van der Waals surface area contributed by atoms with E-state index in [1.165, 1.54) is 4.57 Å². The molecule has 5 rings (SSSR count). The molecule has 0 bridgehead atoms. The average Bonchev–Trinajstić information content (AvgIpc) is 2.79. The highest BCUT2D eigenvalue weighted by Gasteiger charge is 2.22. The van der Waals surface area contributed by atoms with Crippen molar-refractivity contribution in [3.63, 3.8) is 0 Å². The molecule has 0 spiro atoms. The van der Waals surface area contributed by atoms with E-state index in [0.717, 1.165) is 5.56 Å². The molecule has 0 saturated carbocycles. The fourth-order valence-electron chi connectivity index (χ4n) is 4.29. The minimum atomic E-state index is -0.755. The van der Waals surface area contributed by atoms with Crippen molar-refractivity contribution in [1.82, 2.24) is 14.5 Å². The lowest BCUT2D eigenvalue weighted by Crippen LogP contribution is -2.38. The summed E-state index contributed by atoms with van der Waals surface area (Å²) in [4.78, 5) is 47.5. The van der Waals surface area contributed by atoms with E-state index in [0.29, 0.717) is 59.6 Å². The number of aryl methyl sites for hydroxylation is 1. The standard InChI is InChI=1S/C23H22N4O5/c1-13-11-16(14(2)27-18-6-4-3-5-15(18)21(29)32-23(27)30)19-17(12-13)20(28)25-22(24-19)26-7-9-31-10-8-26/h3-6,11-12,14H,7-10H2,1-2H3,(H,24,25,28). The zero-order valence-corrected chi connectivity index (χ0v) is 17.8. The molecule has 1 aliphatic rings. The normalized spacial score (nSPS) is 15.4. The lowest BCUT2D eigenvalue weighted by molar-refractivity contribution is 0.122. The van der Waals surface area contributed by atoms with E-state index in [-0.39, 0.29) is 5.56 Å². The number of hydrogen-bond acceptors (Lipinski definition) is 7. The van der Waals surface area contributed by atoms with Crippen LogP contribution < -0.4 is 21.8 Å². The van der Waals surface area contributed by atoms with Crippen LogP contribution in [0, 0.1) is 6.92 Å². The van der Waals surface area contributed by atoms with Crippen molar-refractivity contribution < 1.29 is 9.15 Å². The Hall–Kier alpha value is -3.72. The predicted octanol–water partition coefficient (Wildman–Crippen LogP) is 1.95. The van der Waals surface area contributed by atoms with Gasteiger partial charge in [0.1, 0.15) is 0 Å². The van der Waals surface area contributed by atoms with Crippen LogP contribution in [0.25, 0.3) is 21.8 Å². The van der Waals surface area contributed by atoms with E-state index >= 15 is 0 Å². The Kier molecular flexibility index (Phi) is 4.90. The maximum atomic E-state index is 12.9. The number of ether oxygens (including phenoxy) is 1. The van der Waals surface area contributed by atoms with Gasteiger partial charge < -0.3 is 14.1 Å². The molecule has 1 unspecified atom stereocenters. The summed E-state index contributed by atoms with van der Waals surface area (Å²) < 4.78 is 11.8. The van der Waals surface area contributed by atoms with E-state index in [4.69, 9.17) is 14.1 Å². The van der Waals surface area contributed by atoms with Gasteiger partial charge in [-0.2, -0.15) is 0 Å². The van der Waals surface area contributed by atoms with E-state index in [1.54, 1.807) is 30.3 Å². The van der Waals surface area contributed by atoms with E-state index < -0.39 is 17.4 Å². The molecule has 2 aromatic heterocycles. The molecule has 1 saturated heterocycles. The summed E-state index contributed by atoms with van der Waals surface area (Å²) in [5, 5.41) is 0.759. The lowest BCUT2D eigenvalue weighted by Gasteiger charge is -2.27. The van der Waals surface area contributed by atoms with Crippen molar-refractivity contribution in [2.75, 3.05) is 31.2 Å². The third-order valence-electron chi connectivity index (χ3n) is 5.88. The Morgan fingerprint density at radius 1 is 1.06 bits per heavy atom. The van der Waals surface area contributed by atoms with E-state index in [2.05, 4.69) is 4.98 Å². The van der Waals surface area contributed by atoms with Gasteiger partial charge in [-0.3, -0.25) is 14.3 Å². The molecule has 9 nitrogen and oxygen atoms in total. The van der Waals surface area contributed by atoms with Crippen molar-refractivity contribution in [1.29, 1.82) is 0 Å². The number of morpholine rings is 1. The van der Waals surface area contributed by atoms with Crippen LogP contribution in [0.5, 0.6) is 0 Å². The quantitative estimate of drug-likeness (QED) is 0.525. The Bertz CT molecular complexity index is 1510. The van der Waals surface area contributed by atoms with Crippen LogP contribution in [-0.4, -0.2) is 40.8 Å². The highest BCUT2D eigenvalue weighted by Crippen LogP contribution is 2.28. The number of fused-ring (bicyclic) bond motifs is 2. The highest BCUT2D eigenvalue weighted by atomic mass is 16.5. The van der Waals surface area contributed by atoms with Gasteiger partial charge in [-0.05, 0) is 37.6 Å². The average molecular weight is 434 g/mol. The van der Waals surface area contributed by atoms with Gasteiger partial charge in [0.05, 0.1) is 41.1 Å². The zero-order chi connectivity index (χ0) is 22.4. The summed E-state index contributed by atoms with van der Waals surface area (Å²) in [5.74, 6) is -0.283. The minimum Gasteiger partial charge on any atom is -0.378 e. The molecule has 2 aromatic carbocycles. The van der Waals surface area contributed by atoms with Gasteiger partial charge in [0.2, 0.25) is 5.95 Å². The van der Waals surface area contributed by atoms with Crippen LogP contribution in [0.3, 0.4) is 0 Å². The molecule has 0 aliphatic carbocycles. The van der Waals surface area contributed by atoms with Gasteiger partial charge in [-0.1, -0.05) is 18.2 Å². The number of aromatic nitrogens is 3. The number of nitrogens with one attached hydrogen (secondary N) is 1. The van der Waals surface area contributed by atoms with Gasteiger partial charge >= 0.3 is 11.4 Å². The summed E-state index contributed by atoms with van der Waals surface area (Å²) >= 11 is 0. The van der Waals surface area contributed by atoms with E-state index in [1.807, 2.05) is 24.8 Å². The van der Waals surface area contributed by atoms with Gasteiger partial charge in [0, 0.05) is 18.7 Å². The van der Waals surface area contributed by atoms with Crippen LogP contribution in [0.15, 0.2) is 55.2 Å². The van der Waals surface area contributed by atoms with Gasteiger partial charge in [0.15, 0.2) is 0 Å². The summed E-state index contributed by atoms with van der Waals surface area (Å²) in [5.41, 5.74) is 1.62. The largest absolute Gasteiger partial charge is 0.422 e. The SMILES string of the molecule is Cc1cc(C(C)n2c(=O)oc(=O)c3ccccc32)c2nc(N3CCOCC3)[nH]c(=O)c2c1. The van der Waals surface area contributed by atoms with Crippen molar-refractivity contribution >= 4 is 27.8 Å². The molecule has 0 radical (unpaired) electrons. The smallest absolute Gasteiger partial charge is 0.378 e. The summed E-state index contributed by atoms with van der Waals surface area (Å²) in [6.07, 6.45) is 0. The fourth-order valence-corrected chi connectivity index (χ4v) is 4.29. The molecule has 1 aliphatic heterocycles. The minimum absolute atomic E-state index is 0.245. The lowest BCUT2D eigenvalue weighted by atomic mass is 10.0. The first-order chi connectivity index (χ1) is 15.4. The second-order valence-electron chi connectivity index (χ2n) is 7.96. The monoisotopic (exact) mass is 434 g/mol. The number of H-pyrrole nitrogens is 1. The molecule has 3 heterocycles. The summed E-state index contributed by atoms with van der Waals surface area (Å²) in [6.45, 7) is 6.08. The maximum absolute atomic E-state index is 12.9. The Balaban J connectivity index is 1.76. The Morgan fingerprint density at radius 2 is 1.81 bits per heavy atom. The van der Waals surface area contributed by atoms with Crippen molar-refractivity contribution in [2.24, 2.45) is 0 Å². The third kappa shape index (κ3) is 3.31. The fraction of sp³-hybridized carbons (Fsp3) is 0.304. The second-order valence-corrected chi connectivity index (χ2v) is 7.96. The van der Waals surface area contributed by atoms with Crippen molar-refractivity contribution in [3.05, 3.63) is 78.8 Å². The van der Waals surface area contributed by atoms with Crippen LogP contribution in [0.2, 0.25) is 0 Å². The first kappa shape index (κ1) is 20.2. The third-order valence-corrected chi connectivity index (χ3v) is 5.88. The number of nitrogens with zero attached hydrogens (tertiary/aromatic N) is 3. The van der Waals surface area contributed by atoms with Gasteiger partial charge in [-0.25, -0.2) is 14.6 Å². The Labute approximate surface area is 181 Å². The maximum Gasteiger partial charge on any atom is 0.422 e. The molecule has 164 valence electrons. The molecule has 9 heteroatoms. The van der Waals surface area contributed by atoms with E-state index in [9.17, 15) is 14.4 Å². The van der Waals surface area contributed by atoms with Crippen molar-refractivity contribution in [2.45, 2.75) is 19.9 Å². The summed E-state index contributed by atoms with van der Waals surface area (Å²) in [6, 6.07) is 9.97. The van der Waals surface area contributed by atoms with Gasteiger partial charge in [0.25, 0.3) is 5.56 Å². The van der Waals surface area contributed by atoms with Crippen LogP contribution >= 0.6 is 0 Å². The van der Waals surface area contributed by atoms with Crippen molar-refractivity contribution in [3.8, 4) is 0 Å². The number of hydrogen-bond donors (Lipinski definition) is 1. The van der Waals surface area contributed by atoms with Crippen LogP contribution in [0.4, 0.5) is 5.95 Å². The molecule has 1 N–H and O–H groups in total. The van der Waals surface area contributed by atoms with Crippen LogP contribution in [-0.2, 0) is 4.74 Å². The first-order valence-electron chi connectivity index (χ1n) is 10.5. The molecule has 1 fully saturated rings. The van der Waals surface area contributed by atoms with Crippen LogP contribution in [0.1, 0.15) is 24.1 Å². The number of aromatic amines is 1. The number of para-hydroxylation sites is 1. The predicted molar refractivity (Wildman–Crippen MR) is 121 cm³/mol. The van der Waals surface area contributed by atoms with Gasteiger partial charge in [-0.15, -0.1) is 0 Å². The molecule has 4 aromatic rings. The molecule has 0 amide bonds. The highest BCUT2D eigenvalue weighted by molar-refractivity contribution is 5.84. The number of anilines is 1. The zero-order valence-electron chi connectivity index (χ0n) is 17.8. The molecule has 32 heavy (non-hydrogen) atoms. The number of rotatable bonds is 3. The first-order valence-corrected chi connectivity index (χ1v) is 10.5. The topological polar surface area (TPSA) is 110 Å². The molecular weight excluding hydrogens is 412 g/mol. The molecule has 1 atom stereocenters. The number of benzene rings is 2. The molecular formula is C23H22N4O5. The second kappa shape index (κ2) is 7.76. The Morgan fingerprint density at radius 3 is 2.59 bits per heavy atom.